The Morgan fingerprint density at radius 3 is 3.06 bits per heavy atom. The van der Waals surface area contributed by atoms with E-state index in [4.69, 9.17) is 0 Å². The summed E-state index contributed by atoms with van der Waals surface area (Å²) in [6, 6.07) is 2.01. The molecule has 1 fully saturated rings. The highest BCUT2D eigenvalue weighted by molar-refractivity contribution is 7.99. The standard InChI is InChI=1S/C11H20N4S/c1-15(2)11(4-6-16-9-11)8-12-7-10-3-5-13-14-10/h3,5,12H,4,6-9H2,1-2H3,(H,13,14). The lowest BCUT2D eigenvalue weighted by atomic mass is 9.97. The van der Waals surface area contributed by atoms with Crippen LogP contribution in [0.4, 0.5) is 0 Å². The van der Waals surface area contributed by atoms with Gasteiger partial charge in [-0.05, 0) is 32.3 Å². The summed E-state index contributed by atoms with van der Waals surface area (Å²) >= 11 is 2.06. The van der Waals surface area contributed by atoms with Gasteiger partial charge in [-0.15, -0.1) is 0 Å². The lowest BCUT2D eigenvalue weighted by molar-refractivity contribution is 0.175. The average molecular weight is 240 g/mol. The predicted molar refractivity (Wildman–Crippen MR) is 68.7 cm³/mol. The van der Waals surface area contributed by atoms with Gasteiger partial charge in [-0.1, -0.05) is 0 Å². The van der Waals surface area contributed by atoms with Crippen LogP contribution in [0.15, 0.2) is 12.3 Å². The summed E-state index contributed by atoms with van der Waals surface area (Å²) < 4.78 is 0. The van der Waals surface area contributed by atoms with Crippen molar-refractivity contribution in [1.29, 1.82) is 0 Å². The summed E-state index contributed by atoms with van der Waals surface area (Å²) in [4.78, 5) is 2.37. The molecule has 1 unspecified atom stereocenters. The van der Waals surface area contributed by atoms with E-state index in [0.29, 0.717) is 5.54 Å². The van der Waals surface area contributed by atoms with Crippen molar-refractivity contribution >= 4 is 11.8 Å². The summed E-state index contributed by atoms with van der Waals surface area (Å²) in [7, 11) is 4.37. The van der Waals surface area contributed by atoms with Crippen LogP contribution in [0.2, 0.25) is 0 Å². The first-order valence-corrected chi connectivity index (χ1v) is 6.83. The molecule has 0 bridgehead atoms. The Morgan fingerprint density at radius 2 is 2.50 bits per heavy atom. The first-order valence-electron chi connectivity index (χ1n) is 5.67. The Labute approximate surface area is 101 Å². The van der Waals surface area contributed by atoms with Gasteiger partial charge in [0.1, 0.15) is 0 Å². The first-order chi connectivity index (χ1) is 7.73. The molecule has 5 heteroatoms. The summed E-state index contributed by atoms with van der Waals surface area (Å²) in [5.74, 6) is 2.51. The van der Waals surface area contributed by atoms with Crippen LogP contribution in [0.3, 0.4) is 0 Å². The maximum atomic E-state index is 3.95. The van der Waals surface area contributed by atoms with Crippen molar-refractivity contribution in [2.75, 3.05) is 32.1 Å². The van der Waals surface area contributed by atoms with Gasteiger partial charge in [0.2, 0.25) is 0 Å². The second kappa shape index (κ2) is 5.21. The van der Waals surface area contributed by atoms with Crippen molar-refractivity contribution < 1.29 is 0 Å². The Balaban J connectivity index is 1.83. The van der Waals surface area contributed by atoms with Crippen LogP contribution in [0, 0.1) is 0 Å². The smallest absolute Gasteiger partial charge is 0.0490 e. The highest BCUT2D eigenvalue weighted by atomic mass is 32.2. The molecule has 1 atom stereocenters. The predicted octanol–water partition coefficient (Wildman–Crippen LogP) is 0.937. The van der Waals surface area contributed by atoms with Crippen LogP contribution < -0.4 is 5.32 Å². The number of hydrogen-bond acceptors (Lipinski definition) is 4. The number of rotatable bonds is 5. The van der Waals surface area contributed by atoms with Gasteiger partial charge in [0, 0.05) is 36.3 Å². The maximum absolute atomic E-state index is 3.95. The monoisotopic (exact) mass is 240 g/mol. The van der Waals surface area contributed by atoms with Gasteiger partial charge in [0.15, 0.2) is 0 Å². The lowest BCUT2D eigenvalue weighted by Gasteiger charge is -2.35. The average Bonchev–Trinajstić information content (AvgIpc) is 2.88. The third kappa shape index (κ3) is 2.59. The Hall–Kier alpha value is -0.520. The summed E-state index contributed by atoms with van der Waals surface area (Å²) in [5, 5.41) is 10.4. The summed E-state index contributed by atoms with van der Waals surface area (Å²) in [5.41, 5.74) is 1.49. The Kier molecular flexibility index (Phi) is 3.89. The molecule has 16 heavy (non-hydrogen) atoms. The molecule has 1 aliphatic rings. The van der Waals surface area contributed by atoms with Crippen LogP contribution in [-0.2, 0) is 6.54 Å². The molecule has 0 radical (unpaired) electrons. The third-order valence-corrected chi connectivity index (χ3v) is 4.59. The zero-order valence-electron chi connectivity index (χ0n) is 9.99. The molecule has 2 N–H and O–H groups in total. The minimum Gasteiger partial charge on any atom is -0.309 e. The molecule has 0 aromatic carbocycles. The van der Waals surface area contributed by atoms with Crippen molar-refractivity contribution in [1.82, 2.24) is 20.4 Å². The van der Waals surface area contributed by atoms with E-state index in [-0.39, 0.29) is 0 Å². The number of H-pyrrole nitrogens is 1. The molecule has 90 valence electrons. The van der Waals surface area contributed by atoms with E-state index < -0.39 is 0 Å². The second-order valence-corrected chi connectivity index (χ2v) is 5.71. The number of aromatic nitrogens is 2. The molecule has 1 aliphatic heterocycles. The quantitative estimate of drug-likeness (QED) is 0.804. The fourth-order valence-electron chi connectivity index (χ4n) is 2.06. The van der Waals surface area contributed by atoms with E-state index in [2.05, 4.69) is 46.3 Å². The summed E-state index contributed by atoms with van der Waals surface area (Å²) in [6.07, 6.45) is 3.07. The van der Waals surface area contributed by atoms with E-state index in [0.717, 1.165) is 18.8 Å². The molecule has 2 rings (SSSR count). The van der Waals surface area contributed by atoms with Crippen molar-refractivity contribution in [3.05, 3.63) is 18.0 Å². The minimum absolute atomic E-state index is 0.338. The molecule has 0 amide bonds. The number of nitrogens with zero attached hydrogens (tertiary/aromatic N) is 2. The van der Waals surface area contributed by atoms with Gasteiger partial charge in [0.25, 0.3) is 0 Å². The topological polar surface area (TPSA) is 44.0 Å². The van der Waals surface area contributed by atoms with Crippen LogP contribution >= 0.6 is 11.8 Å². The highest BCUT2D eigenvalue weighted by Gasteiger charge is 2.35. The van der Waals surface area contributed by atoms with Crippen LogP contribution in [0.25, 0.3) is 0 Å². The van der Waals surface area contributed by atoms with E-state index in [1.807, 2.05) is 6.07 Å². The molecule has 0 spiro atoms. The highest BCUT2D eigenvalue weighted by Crippen LogP contribution is 2.31. The fraction of sp³-hybridized carbons (Fsp3) is 0.727. The minimum atomic E-state index is 0.338. The van der Waals surface area contributed by atoms with Crippen LogP contribution in [0.5, 0.6) is 0 Å². The van der Waals surface area contributed by atoms with Crippen molar-refractivity contribution in [3.63, 3.8) is 0 Å². The molecular formula is C11H20N4S. The maximum Gasteiger partial charge on any atom is 0.0490 e. The molecule has 0 aliphatic carbocycles. The number of thioether (sulfide) groups is 1. The largest absolute Gasteiger partial charge is 0.309 e. The molecule has 2 heterocycles. The summed E-state index contributed by atoms with van der Waals surface area (Å²) in [6.45, 7) is 1.92. The van der Waals surface area contributed by atoms with Gasteiger partial charge in [0.05, 0.1) is 0 Å². The van der Waals surface area contributed by atoms with Gasteiger partial charge < -0.3 is 10.2 Å². The molecular weight excluding hydrogens is 220 g/mol. The lowest BCUT2D eigenvalue weighted by Crippen LogP contribution is -2.51. The first kappa shape index (κ1) is 12.0. The van der Waals surface area contributed by atoms with Crippen molar-refractivity contribution in [2.45, 2.75) is 18.5 Å². The molecule has 4 nitrogen and oxygen atoms in total. The Bertz CT molecular complexity index is 304. The van der Waals surface area contributed by atoms with Gasteiger partial charge in [-0.3, -0.25) is 5.10 Å². The zero-order valence-corrected chi connectivity index (χ0v) is 10.8. The van der Waals surface area contributed by atoms with Gasteiger partial charge >= 0.3 is 0 Å². The second-order valence-electron chi connectivity index (χ2n) is 4.61. The van der Waals surface area contributed by atoms with Crippen LogP contribution in [0.1, 0.15) is 12.1 Å². The van der Waals surface area contributed by atoms with E-state index in [1.165, 1.54) is 17.9 Å². The van der Waals surface area contributed by atoms with Crippen molar-refractivity contribution in [2.24, 2.45) is 0 Å². The number of aromatic amines is 1. The van der Waals surface area contributed by atoms with Crippen LogP contribution in [-0.4, -0.2) is 52.8 Å². The number of nitrogens with one attached hydrogen (secondary N) is 2. The molecule has 1 aromatic rings. The molecule has 1 saturated heterocycles. The number of likely N-dealkylation sites (N-methyl/N-ethyl adjacent to an activating group) is 1. The third-order valence-electron chi connectivity index (χ3n) is 3.36. The van der Waals surface area contributed by atoms with Gasteiger partial charge in [-0.2, -0.15) is 16.9 Å². The van der Waals surface area contributed by atoms with E-state index in [1.54, 1.807) is 6.20 Å². The molecule has 1 aromatic heterocycles. The van der Waals surface area contributed by atoms with Gasteiger partial charge in [-0.25, -0.2) is 0 Å². The van der Waals surface area contributed by atoms with Crippen molar-refractivity contribution in [3.8, 4) is 0 Å². The SMILES string of the molecule is CN(C)C1(CNCc2ccn[nH]2)CCSC1. The van der Waals surface area contributed by atoms with E-state index in [9.17, 15) is 0 Å². The Morgan fingerprint density at radius 1 is 1.62 bits per heavy atom. The molecule has 0 saturated carbocycles. The normalized spacial score (nSPS) is 25.4. The number of hydrogen-bond donors (Lipinski definition) is 2. The van der Waals surface area contributed by atoms with E-state index >= 15 is 0 Å². The zero-order chi connectivity index (χ0) is 11.4. The fourth-order valence-corrected chi connectivity index (χ4v) is 3.61.